The molecule has 1 aromatic heterocycles. The Bertz CT molecular complexity index is 1100. The number of hydrogen-bond donors (Lipinski definition) is 1. The van der Waals surface area contributed by atoms with Crippen molar-refractivity contribution in [3.05, 3.63) is 66.4 Å². The number of fused-ring (bicyclic) bond motifs is 1. The summed E-state index contributed by atoms with van der Waals surface area (Å²) in [4.78, 5) is 0.288. The maximum atomic E-state index is 13.6. The molecule has 1 atom stereocenters. The zero-order valence-electron chi connectivity index (χ0n) is 15.5. The van der Waals surface area contributed by atoms with Crippen molar-refractivity contribution in [1.82, 2.24) is 3.97 Å². The lowest BCUT2D eigenvalue weighted by Crippen LogP contribution is -2.89. The van der Waals surface area contributed by atoms with Gasteiger partial charge in [-0.1, -0.05) is 36.4 Å². The van der Waals surface area contributed by atoms with Crippen LogP contribution in [0.3, 0.4) is 0 Å². The monoisotopic (exact) mass is 399 g/mol. The van der Waals surface area contributed by atoms with Crippen LogP contribution in [0.15, 0.2) is 65.6 Å². The van der Waals surface area contributed by atoms with E-state index in [4.69, 9.17) is 9.47 Å². The van der Waals surface area contributed by atoms with Crippen LogP contribution in [0.5, 0.6) is 0 Å². The quantitative estimate of drug-likeness (QED) is 0.731. The van der Waals surface area contributed by atoms with Crippen LogP contribution in [0.2, 0.25) is 0 Å². The minimum atomic E-state index is -3.72. The van der Waals surface area contributed by atoms with Crippen molar-refractivity contribution in [3.8, 4) is 0 Å². The highest BCUT2D eigenvalue weighted by Gasteiger charge is 2.45. The number of aromatic nitrogens is 1. The smallest absolute Gasteiger partial charge is 0.268 e. The lowest BCUT2D eigenvalue weighted by Gasteiger charge is -2.34. The van der Waals surface area contributed by atoms with Crippen LogP contribution in [0.4, 0.5) is 0 Å². The van der Waals surface area contributed by atoms with E-state index < -0.39 is 15.8 Å². The molecule has 2 N–H and O–H groups in total. The second-order valence-electron chi connectivity index (χ2n) is 7.40. The number of benzene rings is 2. The number of para-hydroxylation sites is 1. The Labute approximate surface area is 164 Å². The van der Waals surface area contributed by atoms with E-state index in [2.05, 4.69) is 5.32 Å². The summed E-state index contributed by atoms with van der Waals surface area (Å²) in [6.45, 7) is 2.02. The first-order valence-corrected chi connectivity index (χ1v) is 11.1. The van der Waals surface area contributed by atoms with Crippen LogP contribution in [0.1, 0.15) is 24.6 Å². The average molecular weight is 399 g/mol. The lowest BCUT2D eigenvalue weighted by atomic mass is 9.96. The van der Waals surface area contributed by atoms with E-state index in [1.54, 1.807) is 24.3 Å². The van der Waals surface area contributed by atoms with Crippen LogP contribution >= 0.6 is 0 Å². The van der Waals surface area contributed by atoms with Gasteiger partial charge >= 0.3 is 0 Å². The Morgan fingerprint density at radius 2 is 1.71 bits per heavy atom. The minimum absolute atomic E-state index is 0.0577. The fourth-order valence-electron chi connectivity index (χ4n) is 4.38. The second kappa shape index (κ2) is 6.70. The number of nitrogens with zero attached hydrogens (tertiary/aromatic N) is 1. The summed E-state index contributed by atoms with van der Waals surface area (Å²) in [5.74, 6) is -0.586. The van der Waals surface area contributed by atoms with E-state index >= 15 is 0 Å². The van der Waals surface area contributed by atoms with Gasteiger partial charge in [-0.2, -0.15) is 0 Å². The largest absolute Gasteiger partial charge is 0.347 e. The summed E-state index contributed by atoms with van der Waals surface area (Å²) in [6, 6.07) is 18.2. The summed E-state index contributed by atoms with van der Waals surface area (Å²) >= 11 is 0. The Morgan fingerprint density at radius 1 is 1.00 bits per heavy atom. The zero-order valence-corrected chi connectivity index (χ0v) is 16.3. The summed E-state index contributed by atoms with van der Waals surface area (Å²) in [5, 5.41) is 3.11. The molecule has 1 spiro atoms. The number of quaternary nitrogens is 1. The molecule has 2 aromatic carbocycles. The van der Waals surface area contributed by atoms with Gasteiger partial charge in [0.2, 0.25) is 0 Å². The molecule has 0 amide bonds. The van der Waals surface area contributed by atoms with Crippen molar-refractivity contribution in [2.45, 2.75) is 29.6 Å². The first-order valence-electron chi connectivity index (χ1n) is 9.61. The van der Waals surface area contributed by atoms with E-state index in [9.17, 15) is 8.42 Å². The number of nitrogens with two attached hydrogens (primary N) is 1. The number of hydrogen-bond acceptors (Lipinski definition) is 4. The lowest BCUT2D eigenvalue weighted by molar-refractivity contribution is -0.714. The highest BCUT2D eigenvalue weighted by atomic mass is 32.2. The van der Waals surface area contributed by atoms with E-state index in [1.807, 2.05) is 36.4 Å². The third kappa shape index (κ3) is 2.86. The standard InChI is InChI=1S/C21H22N2O4S/c24-28(25,17-7-2-1-3-8-17)23-19-9-5-4-6-16(19)14-20(23)18-15-21(10-11-22-18)26-12-13-27-21/h1-9,14,18,22H,10-13,15H2/p+1. The van der Waals surface area contributed by atoms with Crippen LogP contribution in [-0.4, -0.2) is 37.9 Å². The molecular weight excluding hydrogens is 376 g/mol. The minimum Gasteiger partial charge on any atom is -0.347 e. The van der Waals surface area contributed by atoms with E-state index in [0.29, 0.717) is 25.2 Å². The number of ether oxygens (including phenoxy) is 2. The fourth-order valence-corrected chi connectivity index (χ4v) is 5.99. The first-order chi connectivity index (χ1) is 13.6. The van der Waals surface area contributed by atoms with Crippen molar-refractivity contribution in [2.75, 3.05) is 19.8 Å². The maximum absolute atomic E-state index is 13.6. The van der Waals surface area contributed by atoms with Gasteiger partial charge in [0, 0.05) is 5.39 Å². The Balaban J connectivity index is 1.67. The van der Waals surface area contributed by atoms with Gasteiger partial charge in [-0.3, -0.25) is 0 Å². The molecule has 5 rings (SSSR count). The molecule has 3 aromatic rings. The molecule has 7 heteroatoms. The molecular formula is C21H23N2O4S+. The van der Waals surface area contributed by atoms with Gasteiger partial charge in [0.15, 0.2) is 5.79 Å². The molecule has 2 saturated heterocycles. The van der Waals surface area contributed by atoms with Gasteiger partial charge in [-0.05, 0) is 24.3 Å². The van der Waals surface area contributed by atoms with Crippen molar-refractivity contribution < 1.29 is 23.2 Å². The van der Waals surface area contributed by atoms with Crippen LogP contribution < -0.4 is 5.32 Å². The van der Waals surface area contributed by atoms with Gasteiger partial charge in [0.25, 0.3) is 10.0 Å². The summed E-state index contributed by atoms with van der Waals surface area (Å²) in [5.41, 5.74) is 1.46. The maximum Gasteiger partial charge on any atom is 0.268 e. The second-order valence-corrected chi connectivity index (χ2v) is 9.19. The fraction of sp³-hybridized carbons (Fsp3) is 0.333. The molecule has 0 bridgehead atoms. The van der Waals surface area contributed by atoms with Gasteiger partial charge < -0.3 is 14.8 Å². The molecule has 1 unspecified atom stereocenters. The molecule has 2 fully saturated rings. The molecule has 2 aliphatic rings. The Kier molecular flexibility index (Phi) is 4.28. The van der Waals surface area contributed by atoms with E-state index in [0.717, 1.165) is 24.0 Å². The van der Waals surface area contributed by atoms with Gasteiger partial charge in [0.05, 0.1) is 48.7 Å². The third-order valence-corrected chi connectivity index (χ3v) is 7.43. The average Bonchev–Trinajstić information content (AvgIpc) is 3.33. The molecule has 0 radical (unpaired) electrons. The molecule has 28 heavy (non-hydrogen) atoms. The first kappa shape index (κ1) is 17.9. The third-order valence-electron chi connectivity index (χ3n) is 5.68. The summed E-state index contributed by atoms with van der Waals surface area (Å²) < 4.78 is 40.5. The predicted octanol–water partition coefficient (Wildman–Crippen LogP) is 2.02. The van der Waals surface area contributed by atoms with Crippen molar-refractivity contribution in [1.29, 1.82) is 0 Å². The topological polar surface area (TPSA) is 74.1 Å². The van der Waals surface area contributed by atoms with Crippen molar-refractivity contribution >= 4 is 20.9 Å². The normalized spacial score (nSPS) is 22.1. The SMILES string of the molecule is O=S(=O)(c1ccccc1)n1c(C2CC3(CC[NH2+]2)OCCO3)cc2ccccc21. The van der Waals surface area contributed by atoms with E-state index in [1.165, 1.54) is 3.97 Å². The van der Waals surface area contributed by atoms with Gasteiger partial charge in [0.1, 0.15) is 6.04 Å². The van der Waals surface area contributed by atoms with Crippen LogP contribution in [-0.2, 0) is 19.5 Å². The molecule has 0 saturated carbocycles. The van der Waals surface area contributed by atoms with Crippen LogP contribution in [0, 0.1) is 0 Å². The number of rotatable bonds is 3. The molecule has 3 heterocycles. The number of piperidine rings is 1. The van der Waals surface area contributed by atoms with Crippen LogP contribution in [0.25, 0.3) is 10.9 Å². The van der Waals surface area contributed by atoms with Crippen molar-refractivity contribution in [2.24, 2.45) is 0 Å². The predicted molar refractivity (Wildman–Crippen MR) is 104 cm³/mol. The van der Waals surface area contributed by atoms with E-state index in [-0.39, 0.29) is 10.9 Å². The molecule has 6 nitrogen and oxygen atoms in total. The molecule has 0 aliphatic carbocycles. The summed E-state index contributed by atoms with van der Waals surface area (Å²) in [6.07, 6.45) is 1.45. The molecule has 2 aliphatic heterocycles. The molecule has 146 valence electrons. The van der Waals surface area contributed by atoms with Gasteiger partial charge in [-0.15, -0.1) is 0 Å². The highest BCUT2D eigenvalue weighted by molar-refractivity contribution is 7.90. The summed E-state index contributed by atoms with van der Waals surface area (Å²) in [7, 11) is -3.72. The van der Waals surface area contributed by atoms with Gasteiger partial charge in [-0.25, -0.2) is 12.4 Å². The van der Waals surface area contributed by atoms with Crippen molar-refractivity contribution in [3.63, 3.8) is 0 Å². The Hall–Kier alpha value is -2.19. The Morgan fingerprint density at radius 3 is 2.50 bits per heavy atom. The highest BCUT2D eigenvalue weighted by Crippen LogP contribution is 2.37. The zero-order chi connectivity index (χ0) is 19.2.